The molecule has 2 N–H and O–H groups in total. The minimum absolute atomic E-state index is 0.0224. The largest absolute Gasteiger partial charge is 0.393 e. The van der Waals surface area contributed by atoms with Crippen LogP contribution in [0.25, 0.3) is 0 Å². The number of carbonyl (C=O) groups excluding carboxylic acids is 1. The van der Waals surface area contributed by atoms with E-state index < -0.39 is 6.10 Å². The molecule has 3 saturated carbocycles. The maximum absolute atomic E-state index is 12.4. The summed E-state index contributed by atoms with van der Waals surface area (Å²) in [7, 11) is 0. The Bertz CT molecular complexity index is 539. The average Bonchev–Trinajstić information content (AvgIpc) is 2.76. The molecule has 22 heavy (non-hydrogen) atoms. The third kappa shape index (κ3) is 1.78. The highest BCUT2D eigenvalue weighted by molar-refractivity contribution is 5.87. The molecule has 3 nitrogen and oxygen atoms in total. The number of ketones is 1. The Morgan fingerprint density at radius 2 is 1.77 bits per heavy atom. The molecular weight excluding hydrogens is 276 g/mol. The molecule has 4 aliphatic carbocycles. The molecule has 3 heteroatoms. The minimum atomic E-state index is -0.404. The number of allylic oxidation sites excluding steroid dienone is 1. The zero-order valence-electron chi connectivity index (χ0n) is 13.7. The first kappa shape index (κ1) is 14.9. The van der Waals surface area contributed by atoms with Crippen molar-refractivity contribution in [2.45, 2.75) is 71.0 Å². The number of rotatable bonds is 0. The van der Waals surface area contributed by atoms with Crippen LogP contribution in [0.1, 0.15) is 58.8 Å². The second kappa shape index (κ2) is 4.67. The molecule has 0 spiro atoms. The molecule has 122 valence electrons. The van der Waals surface area contributed by atoms with Crippen molar-refractivity contribution in [3.63, 3.8) is 0 Å². The van der Waals surface area contributed by atoms with Gasteiger partial charge in [-0.05, 0) is 61.7 Å². The zero-order valence-corrected chi connectivity index (χ0v) is 13.7. The van der Waals surface area contributed by atoms with E-state index >= 15 is 0 Å². The van der Waals surface area contributed by atoms with Crippen LogP contribution in [0.2, 0.25) is 0 Å². The SMILES string of the molecule is C[C@]12C[C@@H](O)CCC1=C[C@@H](O)[C@@H]1[C@@H]2CC[C@]2(C)C(=O)CC[C@@H]12. The van der Waals surface area contributed by atoms with E-state index in [4.69, 9.17) is 0 Å². The molecular formula is C19H28O3. The van der Waals surface area contributed by atoms with Crippen molar-refractivity contribution in [1.29, 1.82) is 0 Å². The van der Waals surface area contributed by atoms with E-state index in [0.717, 1.165) is 38.5 Å². The first-order chi connectivity index (χ1) is 10.4. The van der Waals surface area contributed by atoms with Crippen LogP contribution in [0.4, 0.5) is 0 Å². The van der Waals surface area contributed by atoms with Gasteiger partial charge in [0.2, 0.25) is 0 Å². The van der Waals surface area contributed by atoms with Gasteiger partial charge in [0.05, 0.1) is 12.2 Å². The van der Waals surface area contributed by atoms with Gasteiger partial charge in [0.15, 0.2) is 0 Å². The summed E-state index contributed by atoms with van der Waals surface area (Å²) < 4.78 is 0. The first-order valence-corrected chi connectivity index (χ1v) is 8.97. The fourth-order valence-corrected chi connectivity index (χ4v) is 6.50. The minimum Gasteiger partial charge on any atom is -0.393 e. The van der Waals surface area contributed by atoms with Crippen LogP contribution >= 0.6 is 0 Å². The third-order valence-electron chi connectivity index (χ3n) is 7.77. The van der Waals surface area contributed by atoms with Gasteiger partial charge in [-0.15, -0.1) is 0 Å². The molecule has 0 saturated heterocycles. The van der Waals surface area contributed by atoms with E-state index in [2.05, 4.69) is 19.9 Å². The number of carbonyl (C=O) groups is 1. The van der Waals surface area contributed by atoms with E-state index in [9.17, 15) is 15.0 Å². The molecule has 7 atom stereocenters. The van der Waals surface area contributed by atoms with E-state index in [0.29, 0.717) is 24.0 Å². The van der Waals surface area contributed by atoms with Crippen molar-refractivity contribution >= 4 is 5.78 Å². The van der Waals surface area contributed by atoms with E-state index in [1.807, 2.05) is 0 Å². The Balaban J connectivity index is 1.75. The van der Waals surface area contributed by atoms with Crippen molar-refractivity contribution in [2.24, 2.45) is 28.6 Å². The van der Waals surface area contributed by atoms with Crippen LogP contribution in [0.15, 0.2) is 11.6 Å². The van der Waals surface area contributed by atoms with E-state index in [-0.39, 0.29) is 22.9 Å². The second-order valence-electron chi connectivity index (χ2n) is 8.70. The smallest absolute Gasteiger partial charge is 0.139 e. The van der Waals surface area contributed by atoms with Gasteiger partial charge in [0.1, 0.15) is 5.78 Å². The summed E-state index contributed by atoms with van der Waals surface area (Å²) in [6, 6.07) is 0. The van der Waals surface area contributed by atoms with Crippen LogP contribution in [0.3, 0.4) is 0 Å². The number of Topliss-reactive ketones (excluding diaryl/α,β-unsaturated/α-hetero) is 1. The molecule has 0 radical (unpaired) electrons. The van der Waals surface area contributed by atoms with Crippen molar-refractivity contribution in [3.8, 4) is 0 Å². The van der Waals surface area contributed by atoms with E-state index in [1.165, 1.54) is 5.57 Å². The number of aliphatic hydroxyl groups excluding tert-OH is 2. The number of fused-ring (bicyclic) bond motifs is 5. The summed E-state index contributed by atoms with van der Waals surface area (Å²) in [4.78, 5) is 12.4. The van der Waals surface area contributed by atoms with Crippen LogP contribution in [-0.2, 0) is 4.79 Å². The predicted octanol–water partition coefficient (Wildman–Crippen LogP) is 2.85. The molecule has 0 heterocycles. The lowest BCUT2D eigenvalue weighted by Crippen LogP contribution is -2.55. The number of hydrogen-bond donors (Lipinski definition) is 2. The Labute approximate surface area is 132 Å². The van der Waals surface area contributed by atoms with Crippen LogP contribution in [-0.4, -0.2) is 28.2 Å². The molecule has 4 aliphatic rings. The van der Waals surface area contributed by atoms with Crippen LogP contribution < -0.4 is 0 Å². The van der Waals surface area contributed by atoms with Gasteiger partial charge < -0.3 is 10.2 Å². The molecule has 0 unspecified atom stereocenters. The molecule has 4 rings (SSSR count). The Hall–Kier alpha value is -0.670. The highest BCUT2D eigenvalue weighted by atomic mass is 16.3. The highest BCUT2D eigenvalue weighted by Crippen LogP contribution is 2.63. The molecule has 0 bridgehead atoms. The molecule has 0 aliphatic heterocycles. The lowest BCUT2D eigenvalue weighted by atomic mass is 9.47. The number of hydrogen-bond acceptors (Lipinski definition) is 3. The van der Waals surface area contributed by atoms with Crippen molar-refractivity contribution in [2.75, 3.05) is 0 Å². The van der Waals surface area contributed by atoms with Crippen molar-refractivity contribution in [3.05, 3.63) is 11.6 Å². The van der Waals surface area contributed by atoms with Crippen LogP contribution in [0, 0.1) is 28.6 Å². The monoisotopic (exact) mass is 304 g/mol. The standard InChI is InChI=1S/C19H28O3/c1-18-8-7-14-17(13(18)5-6-16(18)22)15(21)9-11-3-4-12(20)10-19(11,14)2/h9,12-15,17,20-21H,3-8,10H2,1-2H3/t12-,13-,14-,15+,17-,18-,19-/m0/s1. The quantitative estimate of drug-likeness (QED) is 0.677. The topological polar surface area (TPSA) is 57.5 Å². The van der Waals surface area contributed by atoms with Gasteiger partial charge in [-0.1, -0.05) is 25.5 Å². The number of aliphatic hydroxyl groups is 2. The predicted molar refractivity (Wildman–Crippen MR) is 84.1 cm³/mol. The zero-order chi connectivity index (χ0) is 15.7. The summed E-state index contributed by atoms with van der Waals surface area (Å²) in [5.74, 6) is 1.35. The Morgan fingerprint density at radius 1 is 1.05 bits per heavy atom. The molecule has 0 aromatic heterocycles. The maximum Gasteiger partial charge on any atom is 0.139 e. The highest BCUT2D eigenvalue weighted by Gasteiger charge is 2.60. The van der Waals surface area contributed by atoms with Gasteiger partial charge in [-0.25, -0.2) is 0 Å². The first-order valence-electron chi connectivity index (χ1n) is 8.97. The van der Waals surface area contributed by atoms with E-state index in [1.54, 1.807) is 0 Å². The van der Waals surface area contributed by atoms with Gasteiger partial charge >= 0.3 is 0 Å². The van der Waals surface area contributed by atoms with Crippen LogP contribution in [0.5, 0.6) is 0 Å². The molecule has 0 aromatic carbocycles. The summed E-state index contributed by atoms with van der Waals surface area (Å²) in [5.41, 5.74) is 1.17. The van der Waals surface area contributed by atoms with Crippen molar-refractivity contribution in [1.82, 2.24) is 0 Å². The summed E-state index contributed by atoms with van der Waals surface area (Å²) in [6.45, 7) is 4.43. The molecule has 0 amide bonds. The second-order valence-corrected chi connectivity index (χ2v) is 8.70. The third-order valence-corrected chi connectivity index (χ3v) is 7.77. The average molecular weight is 304 g/mol. The van der Waals surface area contributed by atoms with Gasteiger partial charge in [0, 0.05) is 11.8 Å². The Kier molecular flexibility index (Phi) is 3.16. The molecule has 0 aromatic rings. The van der Waals surface area contributed by atoms with Gasteiger partial charge in [-0.2, -0.15) is 0 Å². The summed E-state index contributed by atoms with van der Waals surface area (Å²) in [5, 5.41) is 21.0. The fraction of sp³-hybridized carbons (Fsp3) is 0.842. The van der Waals surface area contributed by atoms with Crippen molar-refractivity contribution < 1.29 is 15.0 Å². The van der Waals surface area contributed by atoms with Gasteiger partial charge in [-0.3, -0.25) is 4.79 Å². The lowest BCUT2D eigenvalue weighted by molar-refractivity contribution is -0.136. The molecule has 3 fully saturated rings. The summed E-state index contributed by atoms with van der Waals surface area (Å²) in [6.07, 6.45) is 7.64. The normalized spacial score (nSPS) is 54.3. The van der Waals surface area contributed by atoms with Gasteiger partial charge in [0.25, 0.3) is 0 Å². The lowest BCUT2D eigenvalue weighted by Gasteiger charge is -2.58. The summed E-state index contributed by atoms with van der Waals surface area (Å²) >= 11 is 0. The maximum atomic E-state index is 12.4. The Morgan fingerprint density at radius 3 is 2.55 bits per heavy atom. The fourth-order valence-electron chi connectivity index (χ4n) is 6.50.